The second-order valence-electron chi connectivity index (χ2n) is 4.17. The van der Waals surface area contributed by atoms with E-state index in [1.165, 1.54) is 13.2 Å². The third-order valence-electron chi connectivity index (χ3n) is 2.54. The molecule has 118 valence electrons. The van der Waals surface area contributed by atoms with E-state index in [1.54, 1.807) is 0 Å². The normalized spacial score (nSPS) is 11.3. The summed E-state index contributed by atoms with van der Waals surface area (Å²) in [7, 11) is -2.45. The van der Waals surface area contributed by atoms with Crippen molar-refractivity contribution in [2.24, 2.45) is 0 Å². The van der Waals surface area contributed by atoms with Crippen LogP contribution < -0.4 is 15.8 Å². The molecule has 0 bridgehead atoms. The molecule has 9 heteroatoms. The van der Waals surface area contributed by atoms with Crippen molar-refractivity contribution in [1.82, 2.24) is 10.0 Å². The first-order valence-electron chi connectivity index (χ1n) is 6.17. The molecule has 0 unspecified atom stereocenters. The van der Waals surface area contributed by atoms with Crippen LogP contribution in [0, 0.1) is 5.82 Å². The molecule has 21 heavy (non-hydrogen) atoms. The third-order valence-corrected chi connectivity index (χ3v) is 4.05. The fourth-order valence-electron chi connectivity index (χ4n) is 1.50. The Hall–Kier alpha value is -1.71. The van der Waals surface area contributed by atoms with Crippen molar-refractivity contribution in [2.75, 3.05) is 32.5 Å². The molecule has 0 aliphatic heterocycles. The molecule has 1 aromatic rings. The van der Waals surface area contributed by atoms with Gasteiger partial charge in [0, 0.05) is 26.6 Å². The van der Waals surface area contributed by atoms with E-state index in [4.69, 9.17) is 10.5 Å². The van der Waals surface area contributed by atoms with Gasteiger partial charge in [-0.1, -0.05) is 0 Å². The maximum absolute atomic E-state index is 13.1. The fourth-order valence-corrected chi connectivity index (χ4v) is 2.67. The summed E-state index contributed by atoms with van der Waals surface area (Å²) >= 11 is 0. The number of nitrogens with two attached hydrogens (primary N) is 1. The summed E-state index contributed by atoms with van der Waals surface area (Å²) in [6, 6.07) is 3.06. The van der Waals surface area contributed by atoms with Crippen LogP contribution in [0.25, 0.3) is 0 Å². The smallest absolute Gasteiger partial charge is 0.242 e. The van der Waals surface area contributed by atoms with Crippen molar-refractivity contribution in [1.29, 1.82) is 0 Å². The van der Waals surface area contributed by atoms with Crippen LogP contribution >= 0.6 is 0 Å². The summed E-state index contributed by atoms with van der Waals surface area (Å²) < 4.78 is 43.9. The van der Waals surface area contributed by atoms with Crippen molar-refractivity contribution < 1.29 is 22.3 Å². The minimum Gasteiger partial charge on any atom is -0.398 e. The molecular weight excluding hydrogens is 301 g/mol. The lowest BCUT2D eigenvalue weighted by molar-refractivity contribution is -0.121. The van der Waals surface area contributed by atoms with Gasteiger partial charge in [-0.3, -0.25) is 4.79 Å². The van der Waals surface area contributed by atoms with Crippen LogP contribution in [0.15, 0.2) is 23.1 Å². The average Bonchev–Trinajstić information content (AvgIpc) is 2.41. The number of nitrogens with one attached hydrogen (secondary N) is 2. The molecule has 0 aromatic heterocycles. The van der Waals surface area contributed by atoms with E-state index in [1.807, 2.05) is 0 Å². The van der Waals surface area contributed by atoms with Crippen LogP contribution in [-0.2, 0) is 19.6 Å². The van der Waals surface area contributed by atoms with Gasteiger partial charge in [-0.2, -0.15) is 0 Å². The molecule has 0 radical (unpaired) electrons. The van der Waals surface area contributed by atoms with Crippen molar-refractivity contribution in [3.8, 4) is 0 Å². The highest BCUT2D eigenvalue weighted by Crippen LogP contribution is 2.18. The highest BCUT2D eigenvalue weighted by Gasteiger charge is 2.18. The minimum absolute atomic E-state index is 0.0435. The summed E-state index contributed by atoms with van der Waals surface area (Å²) in [6.45, 7) is 0.604. The molecule has 0 saturated carbocycles. The van der Waals surface area contributed by atoms with Crippen LogP contribution in [0.3, 0.4) is 0 Å². The molecule has 7 nitrogen and oxygen atoms in total. The van der Waals surface area contributed by atoms with Crippen LogP contribution in [0.4, 0.5) is 10.1 Å². The molecule has 0 aliphatic rings. The lowest BCUT2D eigenvalue weighted by Gasteiger charge is -2.09. The van der Waals surface area contributed by atoms with Crippen molar-refractivity contribution in [3.63, 3.8) is 0 Å². The number of hydrogen-bond acceptors (Lipinski definition) is 5. The molecule has 0 aliphatic carbocycles. The molecule has 0 spiro atoms. The maximum Gasteiger partial charge on any atom is 0.242 e. The van der Waals surface area contributed by atoms with Gasteiger partial charge >= 0.3 is 0 Å². The lowest BCUT2D eigenvalue weighted by Crippen LogP contribution is -2.32. The van der Waals surface area contributed by atoms with Gasteiger partial charge in [0.2, 0.25) is 15.9 Å². The molecule has 1 aromatic carbocycles. The monoisotopic (exact) mass is 319 g/mol. The summed E-state index contributed by atoms with van der Waals surface area (Å²) in [6.07, 6.45) is -0.0435. The number of sulfonamides is 1. The topological polar surface area (TPSA) is 111 Å². The van der Waals surface area contributed by atoms with Crippen LogP contribution in [-0.4, -0.2) is 41.1 Å². The Labute approximate surface area is 122 Å². The zero-order valence-corrected chi connectivity index (χ0v) is 12.4. The molecule has 0 saturated heterocycles. The molecule has 4 N–H and O–H groups in total. The zero-order valence-electron chi connectivity index (χ0n) is 11.6. The number of hydrogen-bond donors (Lipinski definition) is 3. The van der Waals surface area contributed by atoms with Gasteiger partial charge < -0.3 is 15.8 Å². The largest absolute Gasteiger partial charge is 0.398 e. The average molecular weight is 319 g/mol. The quantitative estimate of drug-likeness (QED) is 0.455. The number of benzene rings is 1. The van der Waals surface area contributed by atoms with E-state index in [-0.39, 0.29) is 29.5 Å². The summed E-state index contributed by atoms with van der Waals surface area (Å²) in [5.41, 5.74) is 5.45. The van der Waals surface area contributed by atoms with Gasteiger partial charge in [0.15, 0.2) is 0 Å². The number of rotatable bonds is 8. The Morgan fingerprint density at radius 3 is 2.76 bits per heavy atom. The number of ether oxygens (including phenoxy) is 1. The standard InChI is InChI=1S/C12H18FN3O4S/c1-20-7-6-15-12(17)4-5-16-21(18,19)11-8-9(13)2-3-10(11)14/h2-3,8,16H,4-7,14H2,1H3,(H,15,17). The highest BCUT2D eigenvalue weighted by atomic mass is 32.2. The molecule has 0 heterocycles. The second kappa shape index (κ2) is 7.91. The Morgan fingerprint density at radius 1 is 1.38 bits per heavy atom. The third kappa shape index (κ3) is 5.66. The molecule has 0 atom stereocenters. The number of nitrogen functional groups attached to an aromatic ring is 1. The highest BCUT2D eigenvalue weighted by molar-refractivity contribution is 7.89. The first-order valence-corrected chi connectivity index (χ1v) is 7.65. The van der Waals surface area contributed by atoms with Gasteiger partial charge in [0.1, 0.15) is 10.7 Å². The van der Waals surface area contributed by atoms with Gasteiger partial charge in [-0.25, -0.2) is 17.5 Å². The van der Waals surface area contributed by atoms with E-state index in [0.29, 0.717) is 13.2 Å². The van der Waals surface area contributed by atoms with E-state index >= 15 is 0 Å². The predicted molar refractivity (Wildman–Crippen MR) is 75.5 cm³/mol. The zero-order chi connectivity index (χ0) is 15.9. The molecular formula is C12H18FN3O4S. The Balaban J connectivity index is 2.54. The second-order valence-corrected chi connectivity index (χ2v) is 5.91. The number of halogens is 1. The van der Waals surface area contributed by atoms with Gasteiger partial charge in [0.25, 0.3) is 0 Å². The summed E-state index contributed by atoms with van der Waals surface area (Å²) in [5, 5.41) is 2.55. The van der Waals surface area contributed by atoms with Crippen LogP contribution in [0.5, 0.6) is 0 Å². The van der Waals surface area contributed by atoms with Crippen molar-refractivity contribution >= 4 is 21.6 Å². The SMILES string of the molecule is COCCNC(=O)CCNS(=O)(=O)c1cc(F)ccc1N. The molecule has 1 amide bonds. The Kier molecular flexibility index (Phi) is 6.53. The number of anilines is 1. The van der Waals surface area contributed by atoms with E-state index < -0.39 is 15.8 Å². The lowest BCUT2D eigenvalue weighted by atomic mass is 10.3. The van der Waals surface area contributed by atoms with Gasteiger partial charge in [0.05, 0.1) is 12.3 Å². The number of methoxy groups -OCH3 is 1. The number of amides is 1. The van der Waals surface area contributed by atoms with Crippen molar-refractivity contribution in [2.45, 2.75) is 11.3 Å². The van der Waals surface area contributed by atoms with E-state index in [9.17, 15) is 17.6 Å². The Morgan fingerprint density at radius 2 is 2.10 bits per heavy atom. The van der Waals surface area contributed by atoms with Gasteiger partial charge in [-0.05, 0) is 18.2 Å². The Bertz CT molecular complexity index is 592. The first kappa shape index (κ1) is 17.3. The van der Waals surface area contributed by atoms with E-state index in [2.05, 4.69) is 10.0 Å². The summed E-state index contributed by atoms with van der Waals surface area (Å²) in [4.78, 5) is 11.0. The van der Waals surface area contributed by atoms with Gasteiger partial charge in [-0.15, -0.1) is 0 Å². The van der Waals surface area contributed by atoms with E-state index in [0.717, 1.165) is 12.1 Å². The molecule has 1 rings (SSSR count). The van der Waals surface area contributed by atoms with Crippen LogP contribution in [0.2, 0.25) is 0 Å². The van der Waals surface area contributed by atoms with Crippen LogP contribution in [0.1, 0.15) is 6.42 Å². The fraction of sp³-hybridized carbons (Fsp3) is 0.417. The summed E-state index contributed by atoms with van der Waals surface area (Å²) in [5.74, 6) is -1.02. The van der Waals surface area contributed by atoms with Crippen molar-refractivity contribution in [3.05, 3.63) is 24.0 Å². The first-order chi connectivity index (χ1) is 9.86. The molecule has 0 fully saturated rings. The number of carbonyl (C=O) groups excluding carboxylic acids is 1. The number of carbonyl (C=O) groups is 1. The predicted octanol–water partition coefficient (Wildman–Crippen LogP) is -0.161. The minimum atomic E-state index is -3.95. The maximum atomic E-state index is 13.1.